The number of nitrogens with zero attached hydrogens (tertiary/aromatic N) is 3. The van der Waals surface area contributed by atoms with Gasteiger partial charge in [-0.25, -0.2) is 29.9 Å². The molecule has 1 aromatic heterocycles. The average Bonchev–Trinajstić information content (AvgIpc) is 3.07. The fourth-order valence-corrected chi connectivity index (χ4v) is 6.45. The predicted molar refractivity (Wildman–Crippen MR) is 128 cm³/mol. The van der Waals surface area contributed by atoms with E-state index in [4.69, 9.17) is 5.84 Å². The van der Waals surface area contributed by atoms with Gasteiger partial charge < -0.3 is 5.84 Å². The number of anilines is 1. The standard InChI is InChI=1S/C20H23N5O6S3/c1-15-3-7-17(8-4-15)24-34(30,31)14-20-23-22-19(25(20)21)13-32(26,27)11-12-33(28,29)18-9-5-16(2)6-10-18/h3-12,24H,13-14,21H2,1-2H3/b12-11+. The Morgan fingerprint density at radius 2 is 1.29 bits per heavy atom. The van der Waals surface area contributed by atoms with Gasteiger partial charge in [-0.2, -0.15) is 0 Å². The van der Waals surface area contributed by atoms with E-state index in [1.54, 1.807) is 43.3 Å². The minimum atomic E-state index is -4.12. The molecule has 0 bridgehead atoms. The molecule has 0 aliphatic rings. The predicted octanol–water partition coefficient (Wildman–Crippen LogP) is 1.41. The number of hydrogen-bond acceptors (Lipinski definition) is 9. The molecule has 14 heteroatoms. The number of nitrogen functional groups attached to an aromatic ring is 1. The number of hydrogen-bond donors (Lipinski definition) is 2. The zero-order chi connectivity index (χ0) is 25.1. The molecule has 0 amide bonds. The molecule has 1 heterocycles. The van der Waals surface area contributed by atoms with E-state index in [-0.39, 0.29) is 16.5 Å². The maximum Gasteiger partial charge on any atom is 0.240 e. The number of sulfone groups is 2. The van der Waals surface area contributed by atoms with Crippen LogP contribution in [-0.4, -0.2) is 40.1 Å². The van der Waals surface area contributed by atoms with Crippen LogP contribution in [0, 0.1) is 13.8 Å². The molecular weight excluding hydrogens is 502 g/mol. The lowest BCUT2D eigenvalue weighted by Crippen LogP contribution is -2.23. The molecule has 0 aliphatic carbocycles. The Morgan fingerprint density at radius 1 is 0.794 bits per heavy atom. The van der Waals surface area contributed by atoms with Gasteiger partial charge >= 0.3 is 0 Å². The van der Waals surface area contributed by atoms with Crippen molar-refractivity contribution in [3.8, 4) is 0 Å². The summed E-state index contributed by atoms with van der Waals surface area (Å²) in [7, 11) is -12.0. The smallest absolute Gasteiger partial charge is 0.240 e. The van der Waals surface area contributed by atoms with Crippen LogP contribution in [0.2, 0.25) is 0 Å². The molecule has 0 aliphatic heterocycles. The fourth-order valence-electron chi connectivity index (χ4n) is 2.76. The largest absolute Gasteiger partial charge is 0.336 e. The van der Waals surface area contributed by atoms with Crippen molar-refractivity contribution in [2.45, 2.75) is 30.2 Å². The van der Waals surface area contributed by atoms with Gasteiger partial charge in [0, 0.05) is 16.5 Å². The van der Waals surface area contributed by atoms with E-state index in [0.29, 0.717) is 16.5 Å². The van der Waals surface area contributed by atoms with Crippen LogP contribution in [0.5, 0.6) is 0 Å². The second-order valence-corrected chi connectivity index (χ2v) is 13.0. The van der Waals surface area contributed by atoms with E-state index < -0.39 is 41.2 Å². The lowest BCUT2D eigenvalue weighted by Gasteiger charge is -2.08. The van der Waals surface area contributed by atoms with E-state index in [9.17, 15) is 25.3 Å². The van der Waals surface area contributed by atoms with Gasteiger partial charge in [-0.15, -0.1) is 10.2 Å². The topological polar surface area (TPSA) is 171 Å². The minimum Gasteiger partial charge on any atom is -0.336 e. The maximum absolute atomic E-state index is 12.4. The molecule has 3 N–H and O–H groups in total. The van der Waals surface area contributed by atoms with Crippen LogP contribution < -0.4 is 10.6 Å². The number of rotatable bonds is 9. The highest BCUT2D eigenvalue weighted by Gasteiger charge is 2.22. The number of nitrogens with two attached hydrogens (primary N) is 1. The Morgan fingerprint density at radius 3 is 1.85 bits per heavy atom. The SMILES string of the molecule is Cc1ccc(NS(=O)(=O)Cc2nnc(CS(=O)(=O)/C=C/S(=O)(=O)c3ccc(C)cc3)n2N)cc1. The highest BCUT2D eigenvalue weighted by molar-refractivity contribution is 7.97. The van der Waals surface area contributed by atoms with Crippen LogP contribution in [0.3, 0.4) is 0 Å². The highest BCUT2D eigenvalue weighted by atomic mass is 32.2. The summed E-state index contributed by atoms with van der Waals surface area (Å²) < 4.78 is 77.6. The summed E-state index contributed by atoms with van der Waals surface area (Å²) in [4.78, 5) is -0.0555. The quantitative estimate of drug-likeness (QED) is 0.392. The van der Waals surface area contributed by atoms with Gasteiger partial charge in [-0.05, 0) is 38.1 Å². The van der Waals surface area contributed by atoms with E-state index in [2.05, 4.69) is 14.9 Å². The zero-order valence-corrected chi connectivity index (χ0v) is 20.7. The van der Waals surface area contributed by atoms with Gasteiger partial charge in [0.05, 0.1) is 4.90 Å². The second kappa shape index (κ2) is 9.56. The lowest BCUT2D eigenvalue weighted by atomic mass is 10.2. The first kappa shape index (κ1) is 25.4. The van der Waals surface area contributed by atoms with Crippen molar-refractivity contribution in [1.82, 2.24) is 14.9 Å². The molecule has 0 fully saturated rings. The Kier molecular flexibility index (Phi) is 7.14. The van der Waals surface area contributed by atoms with Crippen LogP contribution in [0.4, 0.5) is 5.69 Å². The summed E-state index contributed by atoms with van der Waals surface area (Å²) in [6.45, 7) is 3.65. The third-order valence-corrected chi connectivity index (χ3v) is 8.60. The number of aromatic nitrogens is 3. The van der Waals surface area contributed by atoms with Gasteiger partial charge in [0.2, 0.25) is 19.9 Å². The zero-order valence-electron chi connectivity index (χ0n) is 18.3. The number of aryl methyl sites for hydroxylation is 2. The Bertz CT molecular complexity index is 1520. The highest BCUT2D eigenvalue weighted by Crippen LogP contribution is 2.16. The van der Waals surface area contributed by atoms with Crippen molar-refractivity contribution >= 4 is 35.4 Å². The molecule has 34 heavy (non-hydrogen) atoms. The van der Waals surface area contributed by atoms with E-state index >= 15 is 0 Å². The second-order valence-electron chi connectivity index (χ2n) is 7.57. The molecule has 0 saturated carbocycles. The first-order valence-corrected chi connectivity index (χ1v) is 14.7. The van der Waals surface area contributed by atoms with Crippen molar-refractivity contribution in [2.75, 3.05) is 10.6 Å². The van der Waals surface area contributed by atoms with Crippen LogP contribution in [0.15, 0.2) is 64.2 Å². The third kappa shape index (κ3) is 6.65. The van der Waals surface area contributed by atoms with Crippen molar-refractivity contribution in [2.24, 2.45) is 0 Å². The normalized spacial score (nSPS) is 12.8. The summed E-state index contributed by atoms with van der Waals surface area (Å²) in [6, 6.07) is 12.6. The molecule has 3 aromatic rings. The molecule has 3 rings (SSSR count). The molecule has 0 spiro atoms. The van der Waals surface area contributed by atoms with Crippen molar-refractivity contribution in [1.29, 1.82) is 0 Å². The van der Waals surface area contributed by atoms with E-state index in [1.807, 2.05) is 6.92 Å². The van der Waals surface area contributed by atoms with Gasteiger partial charge in [-0.3, -0.25) is 4.72 Å². The lowest BCUT2D eigenvalue weighted by molar-refractivity contribution is 0.597. The van der Waals surface area contributed by atoms with Crippen LogP contribution in [0.1, 0.15) is 22.8 Å². The van der Waals surface area contributed by atoms with Crippen LogP contribution in [0.25, 0.3) is 0 Å². The molecule has 0 atom stereocenters. The summed E-state index contributed by atoms with van der Waals surface area (Å²) >= 11 is 0. The van der Waals surface area contributed by atoms with Crippen LogP contribution >= 0.6 is 0 Å². The third-order valence-electron chi connectivity index (χ3n) is 4.60. The minimum absolute atomic E-state index is 0.0555. The van der Waals surface area contributed by atoms with Gasteiger partial charge in [0.1, 0.15) is 11.5 Å². The summed E-state index contributed by atoms with van der Waals surface area (Å²) in [5.74, 6) is 3.94. The van der Waals surface area contributed by atoms with Crippen molar-refractivity contribution in [3.05, 3.63) is 82.1 Å². The molecular formula is C20H23N5O6S3. The van der Waals surface area contributed by atoms with Gasteiger partial charge in [-0.1, -0.05) is 35.4 Å². The van der Waals surface area contributed by atoms with Gasteiger partial charge in [0.25, 0.3) is 0 Å². The maximum atomic E-state index is 12.4. The number of benzene rings is 2. The molecule has 2 aromatic carbocycles. The number of sulfonamides is 1. The van der Waals surface area contributed by atoms with E-state index in [0.717, 1.165) is 15.8 Å². The Hall–Kier alpha value is -3.23. The molecule has 0 unspecified atom stereocenters. The molecule has 182 valence electrons. The van der Waals surface area contributed by atoms with Crippen molar-refractivity contribution in [3.63, 3.8) is 0 Å². The summed E-state index contributed by atoms with van der Waals surface area (Å²) in [6.07, 6.45) is 0. The molecule has 0 saturated heterocycles. The Labute approximate surface area is 198 Å². The Balaban J connectivity index is 1.72. The van der Waals surface area contributed by atoms with E-state index in [1.165, 1.54) is 12.1 Å². The summed E-state index contributed by atoms with van der Waals surface area (Å²) in [5, 5.41) is 8.45. The average molecular weight is 526 g/mol. The van der Waals surface area contributed by atoms with Gasteiger partial charge in [0.15, 0.2) is 21.5 Å². The molecule has 0 radical (unpaired) electrons. The van der Waals surface area contributed by atoms with Crippen LogP contribution in [-0.2, 0) is 41.2 Å². The monoisotopic (exact) mass is 525 g/mol. The first-order valence-electron chi connectivity index (χ1n) is 9.74. The molecule has 11 nitrogen and oxygen atoms in total. The number of nitrogens with one attached hydrogen (secondary N) is 1. The summed E-state index contributed by atoms with van der Waals surface area (Å²) in [5.41, 5.74) is 2.15. The first-order chi connectivity index (χ1) is 15.8. The fraction of sp³-hybridized carbons (Fsp3) is 0.200. The van der Waals surface area contributed by atoms with Crippen molar-refractivity contribution < 1.29 is 25.3 Å².